The summed E-state index contributed by atoms with van der Waals surface area (Å²) in [6.45, 7) is 7.30. The molecule has 0 radical (unpaired) electrons. The molecule has 2 rings (SSSR count). The van der Waals surface area contributed by atoms with Gasteiger partial charge in [0.1, 0.15) is 0 Å². The highest BCUT2D eigenvalue weighted by Crippen LogP contribution is 2.34. The van der Waals surface area contributed by atoms with Crippen LogP contribution in [0.2, 0.25) is 0 Å². The SMILES string of the molecule is CC(C)O.CCCCCC1(CCCC2CCCC2)OCCO1.O. The van der Waals surface area contributed by atoms with Crippen LogP contribution in [-0.4, -0.2) is 35.7 Å². The molecule has 0 bridgehead atoms. The largest absolute Gasteiger partial charge is 0.412 e. The Morgan fingerprint density at radius 1 is 1.00 bits per heavy atom. The fourth-order valence-corrected chi connectivity index (χ4v) is 3.51. The molecule has 4 heteroatoms. The second kappa shape index (κ2) is 13.2. The summed E-state index contributed by atoms with van der Waals surface area (Å²) in [7, 11) is 0. The zero-order valence-electron chi connectivity index (χ0n) is 15.6. The van der Waals surface area contributed by atoms with Gasteiger partial charge < -0.3 is 20.1 Å². The summed E-state index contributed by atoms with van der Waals surface area (Å²) in [5.74, 6) is 0.799. The second-order valence-corrected chi connectivity index (χ2v) is 7.20. The summed E-state index contributed by atoms with van der Waals surface area (Å²) in [5.41, 5.74) is 0. The molecule has 1 saturated carbocycles. The highest BCUT2D eigenvalue weighted by molar-refractivity contribution is 4.76. The molecule has 1 aliphatic carbocycles. The first-order valence-electron chi connectivity index (χ1n) is 9.54. The first kappa shape index (κ1) is 22.8. The summed E-state index contributed by atoms with van der Waals surface area (Å²) in [5, 5.41) is 8.06. The van der Waals surface area contributed by atoms with E-state index in [4.69, 9.17) is 14.6 Å². The van der Waals surface area contributed by atoms with Crippen molar-refractivity contribution < 1.29 is 20.1 Å². The predicted octanol–water partition coefficient (Wildman–Crippen LogP) is 4.23. The molecule has 0 aromatic rings. The number of hydrogen-bond acceptors (Lipinski definition) is 3. The van der Waals surface area contributed by atoms with E-state index in [1.807, 2.05) is 0 Å². The third-order valence-electron chi connectivity index (χ3n) is 4.62. The lowest BCUT2D eigenvalue weighted by Gasteiger charge is -2.28. The van der Waals surface area contributed by atoms with Crippen LogP contribution in [0.3, 0.4) is 0 Å². The van der Waals surface area contributed by atoms with Gasteiger partial charge in [-0.3, -0.25) is 0 Å². The summed E-state index contributed by atoms with van der Waals surface area (Å²) in [6.07, 6.45) is 14.4. The Hall–Kier alpha value is -0.160. The van der Waals surface area contributed by atoms with E-state index in [1.54, 1.807) is 13.8 Å². The molecule has 140 valence electrons. The molecule has 1 aliphatic heterocycles. The number of unbranched alkanes of at least 4 members (excludes halogenated alkanes) is 2. The van der Waals surface area contributed by atoms with Crippen LogP contribution in [0, 0.1) is 5.92 Å². The Bertz CT molecular complexity index is 253. The molecule has 23 heavy (non-hydrogen) atoms. The van der Waals surface area contributed by atoms with Gasteiger partial charge in [0.15, 0.2) is 5.79 Å². The number of aliphatic hydroxyl groups is 1. The maximum absolute atomic E-state index is 8.06. The van der Waals surface area contributed by atoms with E-state index < -0.39 is 0 Å². The zero-order chi connectivity index (χ0) is 16.3. The Morgan fingerprint density at radius 3 is 2.04 bits per heavy atom. The Labute approximate surface area is 143 Å². The average molecular weight is 333 g/mol. The summed E-state index contributed by atoms with van der Waals surface area (Å²) in [6, 6.07) is 0. The number of ether oxygens (including phenoxy) is 2. The first-order valence-corrected chi connectivity index (χ1v) is 9.54. The minimum atomic E-state index is -0.201. The number of rotatable bonds is 8. The third-order valence-corrected chi connectivity index (χ3v) is 4.62. The van der Waals surface area contributed by atoms with Crippen molar-refractivity contribution >= 4 is 0 Å². The van der Waals surface area contributed by atoms with Crippen molar-refractivity contribution in [2.75, 3.05) is 13.2 Å². The quantitative estimate of drug-likeness (QED) is 0.676. The first-order chi connectivity index (χ1) is 10.6. The van der Waals surface area contributed by atoms with Crippen molar-refractivity contribution in [3.63, 3.8) is 0 Å². The third kappa shape index (κ3) is 10.3. The van der Waals surface area contributed by atoms with E-state index in [0.29, 0.717) is 0 Å². The predicted molar refractivity (Wildman–Crippen MR) is 95.6 cm³/mol. The van der Waals surface area contributed by atoms with Crippen LogP contribution in [0.5, 0.6) is 0 Å². The molecule has 4 nitrogen and oxygen atoms in total. The molecule has 2 aliphatic rings. The van der Waals surface area contributed by atoms with Gasteiger partial charge in [-0.25, -0.2) is 0 Å². The van der Waals surface area contributed by atoms with E-state index in [1.165, 1.54) is 57.8 Å². The Morgan fingerprint density at radius 2 is 1.52 bits per heavy atom. The van der Waals surface area contributed by atoms with Crippen LogP contribution in [0.1, 0.15) is 91.4 Å². The fourth-order valence-electron chi connectivity index (χ4n) is 3.51. The van der Waals surface area contributed by atoms with Crippen molar-refractivity contribution in [3.8, 4) is 0 Å². The topological polar surface area (TPSA) is 70.2 Å². The highest BCUT2D eigenvalue weighted by Gasteiger charge is 2.35. The van der Waals surface area contributed by atoms with Gasteiger partial charge >= 0.3 is 0 Å². The lowest BCUT2D eigenvalue weighted by molar-refractivity contribution is -0.169. The van der Waals surface area contributed by atoms with Crippen LogP contribution in [0.25, 0.3) is 0 Å². The lowest BCUT2D eigenvalue weighted by atomic mass is 9.96. The molecule has 3 N–H and O–H groups in total. The number of hydrogen-bond donors (Lipinski definition) is 1. The monoisotopic (exact) mass is 332 g/mol. The van der Waals surface area contributed by atoms with Crippen molar-refractivity contribution in [1.82, 2.24) is 0 Å². The summed E-state index contributed by atoms with van der Waals surface area (Å²) in [4.78, 5) is 0. The second-order valence-electron chi connectivity index (χ2n) is 7.20. The fraction of sp³-hybridized carbons (Fsp3) is 1.00. The van der Waals surface area contributed by atoms with Crippen LogP contribution >= 0.6 is 0 Å². The molecule has 1 heterocycles. The van der Waals surface area contributed by atoms with E-state index in [2.05, 4.69) is 6.92 Å². The normalized spacial score (nSPS) is 20.2. The van der Waals surface area contributed by atoms with Crippen LogP contribution in [0.4, 0.5) is 0 Å². The minimum Gasteiger partial charge on any atom is -0.412 e. The molecule has 2 fully saturated rings. The van der Waals surface area contributed by atoms with Crippen molar-refractivity contribution in [2.45, 2.75) is 103 Å². The van der Waals surface area contributed by atoms with E-state index >= 15 is 0 Å². The highest BCUT2D eigenvalue weighted by atomic mass is 16.7. The van der Waals surface area contributed by atoms with Gasteiger partial charge in [0.05, 0.1) is 13.2 Å². The molecule has 0 spiro atoms. The van der Waals surface area contributed by atoms with Gasteiger partial charge in [0.25, 0.3) is 0 Å². The standard InChI is InChI=1S/C16H30O2.C3H8O.H2O/c1-2-3-6-11-16(17-13-14-18-16)12-7-10-15-8-4-5-9-15;1-3(2)4;/h15H,2-14H2,1H3;3-4H,1-2H3;1H2. The summed E-state index contributed by atoms with van der Waals surface area (Å²) < 4.78 is 11.9. The van der Waals surface area contributed by atoms with Crippen molar-refractivity contribution in [1.29, 1.82) is 0 Å². The van der Waals surface area contributed by atoms with Crippen LogP contribution in [-0.2, 0) is 9.47 Å². The molecular formula is C19H40O4. The Balaban J connectivity index is 0.000000871. The van der Waals surface area contributed by atoms with E-state index in [0.717, 1.165) is 32.0 Å². The molecular weight excluding hydrogens is 292 g/mol. The maximum atomic E-state index is 8.06. The smallest absolute Gasteiger partial charge is 0.168 e. The van der Waals surface area contributed by atoms with Gasteiger partial charge in [0, 0.05) is 18.9 Å². The Kier molecular flexibility index (Phi) is 13.1. The van der Waals surface area contributed by atoms with Gasteiger partial charge in [-0.15, -0.1) is 0 Å². The van der Waals surface area contributed by atoms with Gasteiger partial charge in [-0.2, -0.15) is 0 Å². The van der Waals surface area contributed by atoms with Crippen LogP contribution < -0.4 is 0 Å². The van der Waals surface area contributed by atoms with Crippen molar-refractivity contribution in [3.05, 3.63) is 0 Å². The molecule has 0 amide bonds. The minimum absolute atomic E-state index is 0. The molecule has 0 atom stereocenters. The average Bonchev–Trinajstić information content (AvgIpc) is 3.11. The molecule has 0 aromatic carbocycles. The van der Waals surface area contributed by atoms with E-state index in [9.17, 15) is 0 Å². The lowest BCUT2D eigenvalue weighted by Crippen LogP contribution is -2.30. The molecule has 1 saturated heterocycles. The maximum Gasteiger partial charge on any atom is 0.168 e. The summed E-state index contributed by atoms with van der Waals surface area (Å²) >= 11 is 0. The zero-order valence-corrected chi connectivity index (χ0v) is 15.6. The van der Waals surface area contributed by atoms with Crippen molar-refractivity contribution in [2.24, 2.45) is 5.92 Å². The number of aliphatic hydroxyl groups excluding tert-OH is 1. The molecule has 0 unspecified atom stereocenters. The van der Waals surface area contributed by atoms with Gasteiger partial charge in [-0.05, 0) is 32.6 Å². The molecule has 0 aromatic heterocycles. The van der Waals surface area contributed by atoms with Gasteiger partial charge in [-0.1, -0.05) is 51.9 Å². The van der Waals surface area contributed by atoms with Crippen LogP contribution in [0.15, 0.2) is 0 Å². The van der Waals surface area contributed by atoms with E-state index in [-0.39, 0.29) is 17.4 Å². The van der Waals surface area contributed by atoms with Gasteiger partial charge in [0.2, 0.25) is 0 Å².